The normalized spacial score (nSPS) is 10.3. The van der Waals surface area contributed by atoms with Crippen molar-refractivity contribution in [1.29, 1.82) is 0 Å². The van der Waals surface area contributed by atoms with Gasteiger partial charge in [0.15, 0.2) is 6.61 Å². The van der Waals surface area contributed by atoms with Crippen molar-refractivity contribution in [1.82, 2.24) is 15.1 Å². The molecule has 0 aliphatic heterocycles. The maximum Gasteiger partial charge on any atom is 0.341 e. The van der Waals surface area contributed by atoms with Gasteiger partial charge in [0.05, 0.1) is 6.20 Å². The summed E-state index contributed by atoms with van der Waals surface area (Å²) < 4.78 is 6.79. The summed E-state index contributed by atoms with van der Waals surface area (Å²) in [4.78, 5) is 22.6. The predicted molar refractivity (Wildman–Crippen MR) is 78.7 cm³/mol. The summed E-state index contributed by atoms with van der Waals surface area (Å²) >= 11 is 0. The third-order valence-corrected chi connectivity index (χ3v) is 3.23. The van der Waals surface area contributed by atoms with Crippen LogP contribution in [0.25, 0.3) is 0 Å². The molecule has 0 saturated carbocycles. The van der Waals surface area contributed by atoms with Crippen molar-refractivity contribution in [2.45, 2.75) is 13.5 Å². The lowest BCUT2D eigenvalue weighted by Gasteiger charge is -2.07. The quantitative estimate of drug-likeness (QED) is 0.834. The molecule has 2 aromatic rings. The van der Waals surface area contributed by atoms with E-state index in [4.69, 9.17) is 9.84 Å². The average molecular weight is 303 g/mol. The number of benzene rings is 1. The summed E-state index contributed by atoms with van der Waals surface area (Å²) in [7, 11) is 1.84. The number of carboxylic acids is 1. The van der Waals surface area contributed by atoms with Crippen molar-refractivity contribution in [2.75, 3.05) is 6.61 Å². The third-order valence-electron chi connectivity index (χ3n) is 3.23. The highest BCUT2D eigenvalue weighted by molar-refractivity contribution is 5.94. The van der Waals surface area contributed by atoms with Gasteiger partial charge in [0.25, 0.3) is 5.91 Å². The lowest BCUT2D eigenvalue weighted by atomic mass is 10.2. The second kappa shape index (κ2) is 6.75. The van der Waals surface area contributed by atoms with Gasteiger partial charge in [0.2, 0.25) is 0 Å². The fraction of sp³-hybridized carbons (Fsp3) is 0.267. The fourth-order valence-electron chi connectivity index (χ4n) is 1.87. The number of amides is 1. The van der Waals surface area contributed by atoms with Crippen LogP contribution < -0.4 is 10.1 Å². The van der Waals surface area contributed by atoms with Gasteiger partial charge >= 0.3 is 5.97 Å². The van der Waals surface area contributed by atoms with E-state index in [1.54, 1.807) is 29.1 Å². The number of carbonyl (C=O) groups excluding carboxylic acids is 1. The Kier molecular flexibility index (Phi) is 4.77. The molecule has 0 aliphatic carbocycles. The summed E-state index contributed by atoms with van der Waals surface area (Å²) in [6.45, 7) is 1.85. The Balaban J connectivity index is 1.98. The Hall–Kier alpha value is -2.83. The van der Waals surface area contributed by atoms with Crippen LogP contribution in [0.2, 0.25) is 0 Å². The molecule has 7 heteroatoms. The third kappa shape index (κ3) is 3.85. The van der Waals surface area contributed by atoms with Crippen molar-refractivity contribution in [2.24, 2.45) is 7.05 Å². The molecule has 116 valence electrons. The Morgan fingerprint density at radius 1 is 1.41 bits per heavy atom. The topological polar surface area (TPSA) is 93.4 Å². The molecule has 22 heavy (non-hydrogen) atoms. The zero-order valence-electron chi connectivity index (χ0n) is 12.4. The van der Waals surface area contributed by atoms with Crippen LogP contribution in [-0.2, 0) is 18.4 Å². The van der Waals surface area contributed by atoms with Gasteiger partial charge in [-0.25, -0.2) is 4.79 Å². The van der Waals surface area contributed by atoms with E-state index in [0.717, 1.165) is 11.3 Å². The number of hydrogen-bond acceptors (Lipinski definition) is 4. The van der Waals surface area contributed by atoms with Crippen LogP contribution in [0.15, 0.2) is 30.5 Å². The first-order chi connectivity index (χ1) is 10.5. The van der Waals surface area contributed by atoms with Crippen LogP contribution in [-0.4, -0.2) is 33.4 Å². The lowest BCUT2D eigenvalue weighted by molar-refractivity contribution is -0.139. The van der Waals surface area contributed by atoms with Gasteiger partial charge in [-0.05, 0) is 25.1 Å². The van der Waals surface area contributed by atoms with Crippen molar-refractivity contribution < 1.29 is 19.4 Å². The highest BCUT2D eigenvalue weighted by Gasteiger charge is 2.09. The van der Waals surface area contributed by atoms with E-state index in [0.29, 0.717) is 17.9 Å². The molecule has 0 saturated heterocycles. The zero-order chi connectivity index (χ0) is 16.1. The summed E-state index contributed by atoms with van der Waals surface area (Å²) in [5, 5.41) is 15.5. The molecule has 7 nitrogen and oxygen atoms in total. The number of carbonyl (C=O) groups is 2. The summed E-state index contributed by atoms with van der Waals surface area (Å²) in [6.07, 6.45) is 1.71. The predicted octanol–water partition coefficient (Wildman–Crippen LogP) is 1.12. The number of carboxylic acid groups (broad SMARTS) is 1. The second-order valence-electron chi connectivity index (χ2n) is 4.77. The molecule has 1 amide bonds. The number of aliphatic carboxylic acids is 1. The van der Waals surface area contributed by atoms with Crippen molar-refractivity contribution in [3.63, 3.8) is 0 Å². The minimum absolute atomic E-state index is 0.260. The summed E-state index contributed by atoms with van der Waals surface area (Å²) in [5.41, 5.74) is 2.33. The number of nitrogens with one attached hydrogen (secondary N) is 1. The monoisotopic (exact) mass is 303 g/mol. The van der Waals surface area contributed by atoms with Gasteiger partial charge in [0.1, 0.15) is 5.75 Å². The summed E-state index contributed by atoms with van der Waals surface area (Å²) in [6, 6.07) is 6.39. The summed E-state index contributed by atoms with van der Waals surface area (Å²) in [5.74, 6) is -0.987. The second-order valence-corrected chi connectivity index (χ2v) is 4.77. The van der Waals surface area contributed by atoms with Gasteiger partial charge in [0, 0.05) is 30.4 Å². The Bertz CT molecular complexity index is 694. The number of aromatic nitrogens is 2. The first kappa shape index (κ1) is 15.6. The molecule has 1 aromatic heterocycles. The maximum absolute atomic E-state index is 12.1. The number of nitrogens with zero attached hydrogens (tertiary/aromatic N) is 2. The van der Waals surface area contributed by atoms with Crippen LogP contribution in [0.3, 0.4) is 0 Å². The van der Waals surface area contributed by atoms with Crippen molar-refractivity contribution >= 4 is 11.9 Å². The average Bonchev–Trinajstić information content (AvgIpc) is 2.82. The minimum atomic E-state index is -1.07. The number of hydrogen-bond donors (Lipinski definition) is 2. The van der Waals surface area contributed by atoms with Gasteiger partial charge in [-0.3, -0.25) is 9.48 Å². The molecule has 0 atom stereocenters. The molecule has 0 fully saturated rings. The molecule has 1 heterocycles. The number of ether oxygens (including phenoxy) is 1. The zero-order valence-corrected chi connectivity index (χ0v) is 12.4. The molecule has 1 aromatic carbocycles. The van der Waals surface area contributed by atoms with E-state index in [2.05, 4.69) is 10.4 Å². The largest absolute Gasteiger partial charge is 0.482 e. The van der Waals surface area contributed by atoms with Crippen LogP contribution in [0, 0.1) is 6.92 Å². The van der Waals surface area contributed by atoms with Crippen molar-refractivity contribution in [3.8, 4) is 5.75 Å². The smallest absolute Gasteiger partial charge is 0.341 e. The van der Waals surface area contributed by atoms with Gasteiger partial charge in [-0.2, -0.15) is 5.10 Å². The van der Waals surface area contributed by atoms with Gasteiger partial charge in [-0.1, -0.05) is 6.07 Å². The van der Waals surface area contributed by atoms with E-state index >= 15 is 0 Å². The van der Waals surface area contributed by atoms with Crippen molar-refractivity contribution in [3.05, 3.63) is 47.3 Å². The van der Waals surface area contributed by atoms with Gasteiger partial charge < -0.3 is 15.2 Å². The SMILES string of the molecule is Cc1c(CNC(=O)c2cccc(OCC(=O)O)c2)cnn1C. The molecule has 0 unspecified atom stereocenters. The minimum Gasteiger partial charge on any atom is -0.482 e. The number of rotatable bonds is 6. The Morgan fingerprint density at radius 3 is 2.82 bits per heavy atom. The van der Waals surface area contributed by atoms with Gasteiger partial charge in [-0.15, -0.1) is 0 Å². The van der Waals surface area contributed by atoms with Crippen LogP contribution in [0.4, 0.5) is 0 Å². The first-order valence-electron chi connectivity index (χ1n) is 6.67. The van der Waals surface area contributed by atoms with E-state index in [1.165, 1.54) is 6.07 Å². The Morgan fingerprint density at radius 2 is 2.18 bits per heavy atom. The molecule has 0 radical (unpaired) electrons. The van der Waals surface area contributed by atoms with E-state index in [-0.39, 0.29) is 5.91 Å². The highest BCUT2D eigenvalue weighted by Crippen LogP contribution is 2.13. The molecule has 0 spiro atoms. The first-order valence-corrected chi connectivity index (χ1v) is 6.67. The standard InChI is InChI=1S/C15H17N3O4/c1-10-12(8-17-18(10)2)7-16-15(21)11-4-3-5-13(6-11)22-9-14(19)20/h3-6,8H,7,9H2,1-2H3,(H,16,21)(H,19,20). The molecular formula is C15H17N3O4. The van der Waals surface area contributed by atoms with E-state index < -0.39 is 12.6 Å². The molecule has 2 N–H and O–H groups in total. The van der Waals surface area contributed by atoms with E-state index in [1.807, 2.05) is 14.0 Å². The maximum atomic E-state index is 12.1. The molecular weight excluding hydrogens is 286 g/mol. The van der Waals surface area contributed by atoms with Crippen LogP contribution in [0.1, 0.15) is 21.6 Å². The Labute approximate surface area is 127 Å². The van der Waals surface area contributed by atoms with Crippen LogP contribution in [0.5, 0.6) is 5.75 Å². The fourth-order valence-corrected chi connectivity index (χ4v) is 1.87. The number of aryl methyl sites for hydroxylation is 1. The van der Waals surface area contributed by atoms with Crippen LogP contribution >= 0.6 is 0 Å². The lowest BCUT2D eigenvalue weighted by Crippen LogP contribution is -2.23. The van der Waals surface area contributed by atoms with E-state index in [9.17, 15) is 9.59 Å². The molecule has 0 bridgehead atoms. The molecule has 2 rings (SSSR count). The molecule has 0 aliphatic rings. The highest BCUT2D eigenvalue weighted by atomic mass is 16.5.